The molecular formula is C19H16N4O4S. The molecule has 3 aromatic rings. The first kappa shape index (κ1) is 19.2. The fraction of sp³-hybridized carbons (Fsp3) is 0.0526. The molecule has 1 heterocycles. The molecule has 0 aliphatic rings. The molecule has 9 heteroatoms. The molecule has 3 rings (SSSR count). The number of carbonyl (C=O) groups excluding carboxylic acids is 1. The molecule has 8 nitrogen and oxygen atoms in total. The molecule has 0 radical (unpaired) electrons. The van der Waals surface area contributed by atoms with Crippen molar-refractivity contribution in [2.75, 3.05) is 16.5 Å². The number of nitro groups is 1. The van der Waals surface area contributed by atoms with E-state index in [1.165, 1.54) is 30.1 Å². The van der Waals surface area contributed by atoms with Crippen LogP contribution in [0.4, 0.5) is 17.1 Å². The van der Waals surface area contributed by atoms with Crippen molar-refractivity contribution >= 4 is 40.9 Å². The van der Waals surface area contributed by atoms with E-state index in [-0.39, 0.29) is 17.3 Å². The lowest BCUT2D eigenvalue weighted by Crippen LogP contribution is -2.13. The lowest BCUT2D eigenvalue weighted by molar-refractivity contribution is -0.384. The zero-order chi connectivity index (χ0) is 19.8. The molecule has 1 amide bonds. The van der Waals surface area contributed by atoms with Crippen molar-refractivity contribution in [1.82, 2.24) is 0 Å². The van der Waals surface area contributed by atoms with Gasteiger partial charge >= 0.3 is 0 Å². The molecule has 142 valence electrons. The third-order valence-electron chi connectivity index (χ3n) is 3.47. The van der Waals surface area contributed by atoms with Gasteiger partial charge in [0, 0.05) is 17.8 Å². The SMILES string of the molecule is O=C(CSc1ccc(/C=N/Nc2ccc([N+](=O)[O-])cc2)o1)Nc1ccccc1. The maximum atomic E-state index is 11.9. The van der Waals surface area contributed by atoms with E-state index in [0.717, 1.165) is 5.69 Å². The van der Waals surface area contributed by atoms with Crippen LogP contribution in [0.1, 0.15) is 5.76 Å². The number of amides is 1. The quantitative estimate of drug-likeness (QED) is 0.253. The maximum absolute atomic E-state index is 11.9. The molecule has 0 saturated carbocycles. The Morgan fingerprint density at radius 2 is 1.82 bits per heavy atom. The molecule has 0 spiro atoms. The van der Waals surface area contributed by atoms with Gasteiger partial charge in [-0.05, 0) is 36.4 Å². The van der Waals surface area contributed by atoms with Gasteiger partial charge in [-0.2, -0.15) is 5.10 Å². The Labute approximate surface area is 164 Å². The van der Waals surface area contributed by atoms with E-state index < -0.39 is 4.92 Å². The number of nitro benzene ring substituents is 1. The van der Waals surface area contributed by atoms with Crippen molar-refractivity contribution < 1.29 is 14.1 Å². The highest BCUT2D eigenvalue weighted by atomic mass is 32.2. The van der Waals surface area contributed by atoms with E-state index in [2.05, 4.69) is 15.8 Å². The standard InChI is InChI=1S/C19H16N4O4S/c24-18(21-14-4-2-1-3-5-14)13-28-19-11-10-17(27-19)12-20-22-15-6-8-16(9-7-15)23(25)26/h1-12,22H,13H2,(H,21,24)/b20-12+. The van der Waals surface area contributed by atoms with Crippen molar-refractivity contribution in [1.29, 1.82) is 0 Å². The Morgan fingerprint density at radius 3 is 2.54 bits per heavy atom. The van der Waals surface area contributed by atoms with Crippen molar-refractivity contribution in [2.45, 2.75) is 5.09 Å². The van der Waals surface area contributed by atoms with Gasteiger partial charge in [0.1, 0.15) is 5.76 Å². The first-order valence-corrected chi connectivity index (χ1v) is 9.20. The largest absolute Gasteiger partial charge is 0.449 e. The van der Waals surface area contributed by atoms with Crippen LogP contribution >= 0.6 is 11.8 Å². The molecular weight excluding hydrogens is 380 g/mol. The number of non-ortho nitro benzene ring substituents is 1. The second-order valence-corrected chi connectivity index (χ2v) is 6.51. The van der Waals surface area contributed by atoms with Crippen molar-refractivity contribution in [3.05, 3.63) is 82.6 Å². The number of benzene rings is 2. The van der Waals surface area contributed by atoms with E-state index in [4.69, 9.17) is 4.42 Å². The second-order valence-electron chi connectivity index (χ2n) is 5.53. The van der Waals surface area contributed by atoms with Crippen LogP contribution in [0.15, 0.2) is 81.3 Å². The maximum Gasteiger partial charge on any atom is 0.269 e. The molecule has 0 aliphatic heterocycles. The molecule has 0 bridgehead atoms. The average Bonchev–Trinajstić information content (AvgIpc) is 3.15. The highest BCUT2D eigenvalue weighted by molar-refractivity contribution is 7.99. The van der Waals surface area contributed by atoms with Gasteiger partial charge in [0.05, 0.1) is 22.6 Å². The summed E-state index contributed by atoms with van der Waals surface area (Å²) in [6, 6.07) is 18.6. The molecule has 0 fully saturated rings. The number of nitrogens with one attached hydrogen (secondary N) is 2. The number of hydrazone groups is 1. The van der Waals surface area contributed by atoms with E-state index >= 15 is 0 Å². The van der Waals surface area contributed by atoms with Gasteiger partial charge in [0.25, 0.3) is 5.69 Å². The van der Waals surface area contributed by atoms with Crippen molar-refractivity contribution in [3.8, 4) is 0 Å². The monoisotopic (exact) mass is 396 g/mol. The zero-order valence-corrected chi connectivity index (χ0v) is 15.4. The van der Waals surface area contributed by atoms with Gasteiger partial charge in [-0.25, -0.2) is 0 Å². The molecule has 1 aromatic heterocycles. The zero-order valence-electron chi connectivity index (χ0n) is 14.6. The third kappa shape index (κ3) is 5.71. The number of thioether (sulfide) groups is 1. The predicted octanol–water partition coefficient (Wildman–Crippen LogP) is 4.36. The Balaban J connectivity index is 1.46. The predicted molar refractivity (Wildman–Crippen MR) is 109 cm³/mol. The minimum Gasteiger partial charge on any atom is -0.449 e. The Kier molecular flexibility index (Phi) is 6.42. The van der Waals surface area contributed by atoms with Gasteiger partial charge in [0.15, 0.2) is 5.09 Å². The highest BCUT2D eigenvalue weighted by Crippen LogP contribution is 2.21. The molecule has 0 atom stereocenters. The molecule has 28 heavy (non-hydrogen) atoms. The van der Waals surface area contributed by atoms with Crippen LogP contribution in [-0.2, 0) is 4.79 Å². The lowest BCUT2D eigenvalue weighted by Gasteiger charge is -2.03. The van der Waals surface area contributed by atoms with E-state index in [1.54, 1.807) is 24.3 Å². The van der Waals surface area contributed by atoms with E-state index in [1.807, 2.05) is 30.3 Å². The van der Waals surface area contributed by atoms with Crippen LogP contribution in [0.3, 0.4) is 0 Å². The van der Waals surface area contributed by atoms with Crippen LogP contribution in [0.25, 0.3) is 0 Å². The number of carbonyl (C=O) groups is 1. The number of nitrogens with zero attached hydrogens (tertiary/aromatic N) is 2. The summed E-state index contributed by atoms with van der Waals surface area (Å²) in [4.78, 5) is 22.1. The first-order valence-electron chi connectivity index (χ1n) is 8.21. The number of hydrogen-bond donors (Lipinski definition) is 2. The van der Waals surface area contributed by atoms with Crippen molar-refractivity contribution in [2.24, 2.45) is 5.10 Å². The Bertz CT molecular complexity index is 971. The Hall–Kier alpha value is -3.59. The van der Waals surface area contributed by atoms with Crippen LogP contribution in [0.5, 0.6) is 0 Å². The van der Waals surface area contributed by atoms with E-state index in [0.29, 0.717) is 16.5 Å². The summed E-state index contributed by atoms with van der Waals surface area (Å²) in [5.74, 6) is 0.614. The van der Waals surface area contributed by atoms with Crippen LogP contribution in [0, 0.1) is 10.1 Å². The fourth-order valence-corrected chi connectivity index (χ4v) is 2.83. The van der Waals surface area contributed by atoms with Gasteiger partial charge in [0.2, 0.25) is 5.91 Å². The normalized spacial score (nSPS) is 10.7. The summed E-state index contributed by atoms with van der Waals surface area (Å²) >= 11 is 1.28. The molecule has 2 N–H and O–H groups in total. The van der Waals surface area contributed by atoms with Gasteiger partial charge in [-0.15, -0.1) is 0 Å². The second kappa shape index (κ2) is 9.38. The van der Waals surface area contributed by atoms with Gasteiger partial charge in [-0.1, -0.05) is 30.0 Å². The molecule has 0 saturated heterocycles. The number of para-hydroxylation sites is 1. The molecule has 2 aromatic carbocycles. The van der Waals surface area contributed by atoms with Gasteiger partial charge in [-0.3, -0.25) is 20.3 Å². The highest BCUT2D eigenvalue weighted by Gasteiger charge is 2.07. The first-order chi connectivity index (χ1) is 13.6. The topological polar surface area (TPSA) is 110 Å². The molecule has 0 aliphatic carbocycles. The smallest absolute Gasteiger partial charge is 0.269 e. The van der Waals surface area contributed by atoms with Gasteiger partial charge < -0.3 is 9.73 Å². The summed E-state index contributed by atoms with van der Waals surface area (Å²) < 4.78 is 5.58. The average molecular weight is 396 g/mol. The summed E-state index contributed by atoms with van der Waals surface area (Å²) in [5, 5.41) is 18.0. The number of anilines is 2. The number of rotatable bonds is 8. The van der Waals surface area contributed by atoms with Crippen LogP contribution in [-0.4, -0.2) is 22.8 Å². The van der Waals surface area contributed by atoms with Crippen molar-refractivity contribution in [3.63, 3.8) is 0 Å². The summed E-state index contributed by atoms with van der Waals surface area (Å²) in [6.07, 6.45) is 1.48. The lowest BCUT2D eigenvalue weighted by atomic mass is 10.3. The minimum atomic E-state index is -0.463. The Morgan fingerprint density at radius 1 is 1.07 bits per heavy atom. The molecule has 0 unspecified atom stereocenters. The minimum absolute atomic E-state index is 0.0125. The van der Waals surface area contributed by atoms with Crippen LogP contribution < -0.4 is 10.7 Å². The third-order valence-corrected chi connectivity index (χ3v) is 4.38. The number of furan rings is 1. The summed E-state index contributed by atoms with van der Waals surface area (Å²) in [5.41, 5.74) is 4.13. The summed E-state index contributed by atoms with van der Waals surface area (Å²) in [7, 11) is 0. The number of hydrogen-bond acceptors (Lipinski definition) is 7. The summed E-state index contributed by atoms with van der Waals surface area (Å²) in [6.45, 7) is 0. The fourth-order valence-electron chi connectivity index (χ4n) is 2.16. The van der Waals surface area contributed by atoms with Crippen LogP contribution in [0.2, 0.25) is 0 Å². The van der Waals surface area contributed by atoms with E-state index in [9.17, 15) is 14.9 Å².